The van der Waals surface area contributed by atoms with E-state index in [0.29, 0.717) is 18.4 Å². The average Bonchev–Trinajstić information content (AvgIpc) is 3.14. The second kappa shape index (κ2) is 10.3. The van der Waals surface area contributed by atoms with Crippen LogP contribution in [0.25, 0.3) is 6.08 Å². The van der Waals surface area contributed by atoms with Crippen LogP contribution in [-0.2, 0) is 16.1 Å². The van der Waals surface area contributed by atoms with Gasteiger partial charge < -0.3 is 9.47 Å². The lowest BCUT2D eigenvalue weighted by atomic mass is 10.0. The van der Waals surface area contributed by atoms with E-state index in [0.717, 1.165) is 29.6 Å². The van der Waals surface area contributed by atoms with Crippen molar-refractivity contribution in [2.45, 2.75) is 26.4 Å². The van der Waals surface area contributed by atoms with E-state index >= 15 is 0 Å². The number of nitrogens with zero attached hydrogens (tertiary/aromatic N) is 1. The lowest BCUT2D eigenvalue weighted by Crippen LogP contribution is -2.05. The molecule has 33 heavy (non-hydrogen) atoms. The number of benzene rings is 3. The Hall–Kier alpha value is -2.27. The summed E-state index contributed by atoms with van der Waals surface area (Å²) in [5.41, 5.74) is 3.94. The molecular formula is C26H20FI2NO3. The number of esters is 1. The molecule has 3 aromatic carbocycles. The van der Waals surface area contributed by atoms with Crippen LogP contribution in [0.3, 0.4) is 0 Å². The zero-order valence-corrected chi connectivity index (χ0v) is 22.3. The molecule has 0 spiro atoms. The normalized spacial score (nSPS) is 14.5. The van der Waals surface area contributed by atoms with Crippen molar-refractivity contribution in [3.05, 3.63) is 102 Å². The second-order valence-electron chi connectivity index (χ2n) is 7.84. The van der Waals surface area contributed by atoms with Gasteiger partial charge in [0.25, 0.3) is 0 Å². The number of hydrogen-bond donors (Lipinski definition) is 0. The van der Waals surface area contributed by atoms with Gasteiger partial charge in [0.1, 0.15) is 18.2 Å². The maximum absolute atomic E-state index is 13.1. The highest BCUT2D eigenvalue weighted by Gasteiger charge is 2.24. The van der Waals surface area contributed by atoms with Crippen molar-refractivity contribution >= 4 is 63.1 Å². The first-order chi connectivity index (χ1) is 15.8. The predicted molar refractivity (Wildman–Crippen MR) is 144 cm³/mol. The molecule has 0 aromatic heterocycles. The highest BCUT2D eigenvalue weighted by Crippen LogP contribution is 2.31. The van der Waals surface area contributed by atoms with E-state index in [2.05, 4.69) is 64.0 Å². The quantitative estimate of drug-likeness (QED) is 0.161. The average molecular weight is 667 g/mol. The molecule has 3 aromatic rings. The molecule has 4 rings (SSSR count). The Morgan fingerprint density at radius 3 is 2.27 bits per heavy atom. The summed E-state index contributed by atoms with van der Waals surface area (Å²) in [6, 6.07) is 18.0. The van der Waals surface area contributed by atoms with Gasteiger partial charge in [0.2, 0.25) is 5.90 Å². The molecule has 1 aliphatic rings. The number of cyclic esters (lactones) is 1. The van der Waals surface area contributed by atoms with Crippen molar-refractivity contribution in [3.63, 3.8) is 0 Å². The van der Waals surface area contributed by atoms with Gasteiger partial charge in [-0.1, -0.05) is 38.1 Å². The fraction of sp³-hybridized carbons (Fsp3) is 0.154. The Morgan fingerprint density at radius 1 is 1.03 bits per heavy atom. The number of carbonyl (C=O) groups excluding carboxylic acids is 1. The third-order valence-electron chi connectivity index (χ3n) is 5.07. The Morgan fingerprint density at radius 2 is 1.67 bits per heavy atom. The van der Waals surface area contributed by atoms with E-state index in [4.69, 9.17) is 9.47 Å². The van der Waals surface area contributed by atoms with Crippen LogP contribution in [0, 0.1) is 13.0 Å². The first-order valence-electron chi connectivity index (χ1n) is 10.3. The molecule has 0 atom stereocenters. The maximum atomic E-state index is 13.1. The molecular weight excluding hydrogens is 647 g/mol. The van der Waals surface area contributed by atoms with Crippen molar-refractivity contribution in [1.82, 2.24) is 0 Å². The number of rotatable bonds is 6. The van der Waals surface area contributed by atoms with Gasteiger partial charge in [0.15, 0.2) is 5.70 Å². The zero-order valence-electron chi connectivity index (χ0n) is 17.9. The van der Waals surface area contributed by atoms with Crippen LogP contribution in [0.5, 0.6) is 5.75 Å². The van der Waals surface area contributed by atoms with E-state index < -0.39 is 5.97 Å². The molecule has 0 amide bonds. The summed E-state index contributed by atoms with van der Waals surface area (Å²) in [6.45, 7) is 4.60. The molecule has 4 nitrogen and oxygen atoms in total. The van der Waals surface area contributed by atoms with E-state index in [1.54, 1.807) is 18.2 Å². The molecule has 0 radical (unpaired) electrons. The molecule has 0 N–H and O–H groups in total. The summed E-state index contributed by atoms with van der Waals surface area (Å²) >= 11 is 4.40. The third kappa shape index (κ3) is 5.81. The second-order valence-corrected chi connectivity index (χ2v) is 10.2. The summed E-state index contributed by atoms with van der Waals surface area (Å²) in [7, 11) is 0. The van der Waals surface area contributed by atoms with Crippen molar-refractivity contribution in [1.29, 1.82) is 0 Å². The van der Waals surface area contributed by atoms with Gasteiger partial charge in [-0.3, -0.25) is 0 Å². The molecule has 1 aliphatic heterocycles. The van der Waals surface area contributed by atoms with Gasteiger partial charge in [0.05, 0.1) is 7.14 Å². The van der Waals surface area contributed by atoms with Crippen molar-refractivity contribution in [3.8, 4) is 5.75 Å². The largest absolute Gasteiger partial charge is 0.487 e. The van der Waals surface area contributed by atoms with Crippen molar-refractivity contribution in [2.75, 3.05) is 0 Å². The van der Waals surface area contributed by atoms with Crippen molar-refractivity contribution < 1.29 is 18.7 Å². The Kier molecular flexibility index (Phi) is 7.48. The molecule has 0 unspecified atom stereocenters. The van der Waals surface area contributed by atoms with E-state index in [1.165, 1.54) is 17.7 Å². The first-order valence-corrected chi connectivity index (χ1v) is 12.4. The zero-order chi connectivity index (χ0) is 23.5. The fourth-order valence-corrected chi connectivity index (χ4v) is 5.37. The van der Waals surface area contributed by atoms with Crippen LogP contribution in [0.2, 0.25) is 0 Å². The SMILES string of the molecule is CC(C)c1ccc(C2=N/C(=C\c3cc(I)c(OCc4ccc(F)cc4)c(I)c3)C(=O)O2)cc1. The number of hydrogen-bond acceptors (Lipinski definition) is 4. The topological polar surface area (TPSA) is 47.9 Å². The molecule has 7 heteroatoms. The highest BCUT2D eigenvalue weighted by molar-refractivity contribution is 14.1. The highest BCUT2D eigenvalue weighted by atomic mass is 127. The number of halogens is 3. The smallest absolute Gasteiger partial charge is 0.363 e. The third-order valence-corrected chi connectivity index (χ3v) is 6.67. The Balaban J connectivity index is 1.53. The molecule has 0 fully saturated rings. The van der Waals surface area contributed by atoms with Gasteiger partial charge in [-0.25, -0.2) is 14.2 Å². The summed E-state index contributed by atoms with van der Waals surface area (Å²) in [4.78, 5) is 16.8. The minimum atomic E-state index is -0.473. The maximum Gasteiger partial charge on any atom is 0.363 e. The van der Waals surface area contributed by atoms with Crippen molar-refractivity contribution in [2.24, 2.45) is 4.99 Å². The minimum absolute atomic E-state index is 0.254. The number of ether oxygens (including phenoxy) is 2. The number of carbonyl (C=O) groups is 1. The van der Waals surface area contributed by atoms with Gasteiger partial charge in [-0.15, -0.1) is 0 Å². The van der Waals surface area contributed by atoms with Gasteiger partial charge in [0, 0.05) is 5.56 Å². The van der Waals surface area contributed by atoms with Crippen LogP contribution in [-0.4, -0.2) is 11.9 Å². The summed E-state index contributed by atoms with van der Waals surface area (Å²) in [6.07, 6.45) is 1.71. The van der Waals surface area contributed by atoms with Gasteiger partial charge in [-0.2, -0.15) is 0 Å². The summed E-state index contributed by atoms with van der Waals surface area (Å²) in [5.74, 6) is 0.732. The molecule has 0 bridgehead atoms. The van der Waals surface area contributed by atoms with Crippen LogP contribution in [0.1, 0.15) is 42.0 Å². The van der Waals surface area contributed by atoms with Gasteiger partial charge in [-0.05, 0) is 110 Å². The monoisotopic (exact) mass is 667 g/mol. The Labute approximate surface area is 219 Å². The lowest BCUT2D eigenvalue weighted by molar-refractivity contribution is -0.129. The van der Waals surface area contributed by atoms with E-state index in [-0.39, 0.29) is 11.5 Å². The number of aliphatic imine (C=N–C) groups is 1. The Bertz CT molecular complexity index is 1230. The van der Waals surface area contributed by atoms with E-state index in [9.17, 15) is 9.18 Å². The fourth-order valence-electron chi connectivity index (χ4n) is 3.24. The molecule has 0 aliphatic carbocycles. The standard InChI is InChI=1S/C26H20FI2NO3/c1-15(2)18-5-7-19(8-6-18)25-30-23(26(31)33-25)13-17-11-21(28)24(22(29)12-17)32-14-16-3-9-20(27)10-4-16/h3-13,15H,14H2,1-2H3/b23-13-. The van der Waals surface area contributed by atoms with Crippen LogP contribution in [0.4, 0.5) is 4.39 Å². The predicted octanol–water partition coefficient (Wildman–Crippen LogP) is 7.08. The van der Waals surface area contributed by atoms with Gasteiger partial charge >= 0.3 is 5.97 Å². The molecule has 1 heterocycles. The molecule has 168 valence electrons. The van der Waals surface area contributed by atoms with E-state index in [1.807, 2.05) is 36.4 Å². The van der Waals surface area contributed by atoms with Crippen LogP contribution < -0.4 is 4.74 Å². The summed E-state index contributed by atoms with van der Waals surface area (Å²) in [5, 5.41) is 0. The van der Waals surface area contributed by atoms with Crippen LogP contribution in [0.15, 0.2) is 71.4 Å². The molecule has 0 saturated carbocycles. The van der Waals surface area contributed by atoms with Crippen LogP contribution >= 0.6 is 45.2 Å². The first kappa shape index (κ1) is 23.9. The molecule has 0 saturated heterocycles. The lowest BCUT2D eigenvalue weighted by Gasteiger charge is -2.11. The summed E-state index contributed by atoms with van der Waals surface area (Å²) < 4.78 is 26.2. The minimum Gasteiger partial charge on any atom is -0.487 e.